The summed E-state index contributed by atoms with van der Waals surface area (Å²) in [6, 6.07) is 10.2. The van der Waals surface area contributed by atoms with Crippen LogP contribution in [0.25, 0.3) is 0 Å². The van der Waals surface area contributed by atoms with Gasteiger partial charge >= 0.3 is 5.97 Å². The predicted molar refractivity (Wildman–Crippen MR) is 120 cm³/mol. The topological polar surface area (TPSA) is 127 Å². The van der Waals surface area contributed by atoms with E-state index in [1.807, 2.05) is 0 Å². The molecule has 9 nitrogen and oxygen atoms in total. The number of carboxylic acids is 1. The number of amides is 2. The number of halogens is 2. The van der Waals surface area contributed by atoms with Gasteiger partial charge in [0.15, 0.2) is 22.4 Å². The lowest BCUT2D eigenvalue weighted by Gasteiger charge is -2.14. The number of hydrogen-bond donors (Lipinski definition) is 3. The van der Waals surface area contributed by atoms with Crippen LogP contribution in [-0.4, -0.2) is 35.0 Å². The van der Waals surface area contributed by atoms with Crippen LogP contribution in [0.4, 0.5) is 15.2 Å². The van der Waals surface area contributed by atoms with Gasteiger partial charge < -0.3 is 25.2 Å². The van der Waals surface area contributed by atoms with Crippen LogP contribution in [0.3, 0.4) is 0 Å². The van der Waals surface area contributed by atoms with Crippen LogP contribution in [0.15, 0.2) is 42.5 Å². The van der Waals surface area contributed by atoms with E-state index in [4.69, 9.17) is 26.2 Å². The van der Waals surface area contributed by atoms with Crippen molar-refractivity contribution in [3.63, 3.8) is 0 Å². The molecule has 0 unspecified atom stereocenters. The monoisotopic (exact) mass is 493 g/mol. The van der Waals surface area contributed by atoms with Crippen molar-refractivity contribution in [2.24, 2.45) is 0 Å². The first-order chi connectivity index (χ1) is 15.7. The van der Waals surface area contributed by atoms with Gasteiger partial charge in [-0.3, -0.25) is 14.4 Å². The van der Waals surface area contributed by atoms with Gasteiger partial charge in [0.05, 0.1) is 24.9 Å². The van der Waals surface area contributed by atoms with Crippen LogP contribution in [0.5, 0.6) is 17.2 Å². The SMILES string of the molecule is COc1ccccc1Oc1cc(F)ccc1NC(=O)CC(=O)Nc1nc(CC(=O)O)c(Cl)s1. The molecule has 0 saturated heterocycles. The molecule has 0 aliphatic carbocycles. The van der Waals surface area contributed by atoms with Gasteiger partial charge in [-0.25, -0.2) is 9.37 Å². The number of anilines is 2. The minimum Gasteiger partial charge on any atom is -0.493 e. The molecule has 2 aromatic carbocycles. The Morgan fingerprint density at radius 2 is 1.79 bits per heavy atom. The number of aromatic nitrogens is 1. The second-order valence-corrected chi connectivity index (χ2v) is 8.08. The maximum absolute atomic E-state index is 13.8. The summed E-state index contributed by atoms with van der Waals surface area (Å²) >= 11 is 6.79. The second kappa shape index (κ2) is 10.7. The van der Waals surface area contributed by atoms with Gasteiger partial charge in [0.2, 0.25) is 11.8 Å². The molecule has 0 aliphatic rings. The summed E-state index contributed by atoms with van der Waals surface area (Å²) in [5, 5.41) is 13.8. The lowest BCUT2D eigenvalue weighted by Crippen LogP contribution is -2.21. The smallest absolute Gasteiger partial charge is 0.309 e. The lowest BCUT2D eigenvalue weighted by atomic mass is 10.2. The van der Waals surface area contributed by atoms with Crippen molar-refractivity contribution in [2.75, 3.05) is 17.7 Å². The van der Waals surface area contributed by atoms with Crippen LogP contribution in [0.1, 0.15) is 12.1 Å². The first-order valence-corrected chi connectivity index (χ1v) is 10.5. The number of nitrogens with zero attached hydrogens (tertiary/aromatic N) is 1. The number of thiazole rings is 1. The summed E-state index contributed by atoms with van der Waals surface area (Å²) in [6.45, 7) is 0. The van der Waals surface area contributed by atoms with Gasteiger partial charge in [-0.2, -0.15) is 0 Å². The molecule has 0 radical (unpaired) electrons. The molecule has 0 aliphatic heterocycles. The van der Waals surface area contributed by atoms with Crippen molar-refractivity contribution in [2.45, 2.75) is 12.8 Å². The third-order valence-corrected chi connectivity index (χ3v) is 5.29. The standard InChI is InChI=1S/C21H17ClFN3O6S/c1-31-14-4-2-3-5-15(14)32-16-8-11(23)6-7-12(16)24-17(27)10-18(28)26-21-25-13(9-19(29)30)20(22)33-21/h2-8H,9-10H2,1H3,(H,24,27)(H,29,30)(H,25,26,28). The van der Waals surface area contributed by atoms with Gasteiger partial charge in [0.1, 0.15) is 16.6 Å². The molecule has 172 valence electrons. The molecule has 0 spiro atoms. The number of hydrogen-bond acceptors (Lipinski definition) is 7. The highest BCUT2D eigenvalue weighted by atomic mass is 35.5. The van der Waals surface area contributed by atoms with Gasteiger partial charge in [0, 0.05) is 6.07 Å². The highest BCUT2D eigenvalue weighted by Gasteiger charge is 2.18. The number of carbonyl (C=O) groups is 3. The first-order valence-electron chi connectivity index (χ1n) is 9.32. The van der Waals surface area contributed by atoms with E-state index in [1.54, 1.807) is 24.3 Å². The van der Waals surface area contributed by atoms with Crippen molar-refractivity contribution >= 4 is 51.5 Å². The van der Waals surface area contributed by atoms with Gasteiger partial charge in [-0.15, -0.1) is 0 Å². The summed E-state index contributed by atoms with van der Waals surface area (Å²) < 4.78 is 24.8. The normalized spacial score (nSPS) is 10.4. The molecule has 0 fully saturated rings. The van der Waals surface area contributed by atoms with Crippen LogP contribution in [-0.2, 0) is 20.8 Å². The van der Waals surface area contributed by atoms with E-state index in [1.165, 1.54) is 13.2 Å². The van der Waals surface area contributed by atoms with Crippen molar-refractivity contribution < 1.29 is 33.4 Å². The first kappa shape index (κ1) is 24.0. The maximum Gasteiger partial charge on any atom is 0.309 e. The number of ether oxygens (including phenoxy) is 2. The van der Waals surface area contributed by atoms with Crippen LogP contribution in [0, 0.1) is 5.82 Å². The molecule has 2 amide bonds. The molecule has 3 rings (SSSR count). The van der Waals surface area contributed by atoms with Crippen molar-refractivity contribution in [3.05, 3.63) is 58.3 Å². The second-order valence-electron chi connectivity index (χ2n) is 6.48. The number of aliphatic carboxylic acids is 1. The Morgan fingerprint density at radius 1 is 1.09 bits per heavy atom. The summed E-state index contributed by atoms with van der Waals surface area (Å²) in [5.41, 5.74) is 0.250. The fraction of sp³-hybridized carbons (Fsp3) is 0.143. The van der Waals surface area contributed by atoms with E-state index in [9.17, 15) is 18.8 Å². The Hall–Kier alpha value is -3.70. The van der Waals surface area contributed by atoms with E-state index in [0.29, 0.717) is 11.5 Å². The van der Waals surface area contributed by atoms with Crippen molar-refractivity contribution in [1.29, 1.82) is 0 Å². The fourth-order valence-electron chi connectivity index (χ4n) is 2.65. The number of carbonyl (C=O) groups excluding carboxylic acids is 2. The summed E-state index contributed by atoms with van der Waals surface area (Å²) in [4.78, 5) is 39.3. The maximum atomic E-state index is 13.8. The predicted octanol–water partition coefficient (Wildman–Crippen LogP) is 4.33. The fourth-order valence-corrected chi connectivity index (χ4v) is 3.70. The lowest BCUT2D eigenvalue weighted by molar-refractivity contribution is -0.136. The zero-order valence-electron chi connectivity index (χ0n) is 17.1. The van der Waals surface area contributed by atoms with Crippen molar-refractivity contribution in [3.8, 4) is 17.2 Å². The highest BCUT2D eigenvalue weighted by molar-refractivity contribution is 7.19. The molecule has 0 bridgehead atoms. The molecular formula is C21H17ClFN3O6S. The minimum absolute atomic E-state index is 0.0123. The van der Waals surface area contributed by atoms with Gasteiger partial charge in [-0.1, -0.05) is 35.1 Å². The number of benzene rings is 2. The Kier molecular flexibility index (Phi) is 7.80. The van der Waals surface area contributed by atoms with E-state index >= 15 is 0 Å². The van der Waals surface area contributed by atoms with Crippen LogP contribution < -0.4 is 20.1 Å². The quantitative estimate of drug-likeness (QED) is 0.378. The van der Waals surface area contributed by atoms with Gasteiger partial charge in [0.25, 0.3) is 0 Å². The molecule has 3 aromatic rings. The number of nitrogens with one attached hydrogen (secondary N) is 2. The largest absolute Gasteiger partial charge is 0.493 e. The summed E-state index contributed by atoms with van der Waals surface area (Å²) in [7, 11) is 1.45. The zero-order valence-corrected chi connectivity index (χ0v) is 18.6. The zero-order chi connectivity index (χ0) is 24.0. The molecule has 1 aromatic heterocycles. The Morgan fingerprint density at radius 3 is 2.48 bits per heavy atom. The van der Waals surface area contributed by atoms with E-state index < -0.39 is 36.4 Å². The Labute approximate surface area is 196 Å². The number of methoxy groups -OCH3 is 1. The summed E-state index contributed by atoms with van der Waals surface area (Å²) in [5.74, 6) is -2.39. The van der Waals surface area contributed by atoms with Gasteiger partial charge in [-0.05, 0) is 24.3 Å². The average molecular weight is 494 g/mol. The van der Waals surface area contributed by atoms with E-state index in [0.717, 1.165) is 23.5 Å². The molecular weight excluding hydrogens is 477 g/mol. The third kappa shape index (κ3) is 6.64. The summed E-state index contributed by atoms with van der Waals surface area (Å²) in [6.07, 6.45) is -0.984. The number of carboxylic acid groups (broad SMARTS) is 1. The Bertz CT molecular complexity index is 1200. The molecule has 0 atom stereocenters. The highest BCUT2D eigenvalue weighted by Crippen LogP contribution is 2.35. The Balaban J connectivity index is 1.67. The third-order valence-electron chi connectivity index (χ3n) is 4.04. The van der Waals surface area contributed by atoms with Crippen LogP contribution in [0.2, 0.25) is 4.34 Å². The molecule has 3 N–H and O–H groups in total. The van der Waals surface area contributed by atoms with E-state index in [2.05, 4.69) is 15.6 Å². The average Bonchev–Trinajstić information content (AvgIpc) is 3.08. The van der Waals surface area contributed by atoms with E-state index in [-0.39, 0.29) is 26.6 Å². The van der Waals surface area contributed by atoms with Crippen molar-refractivity contribution in [1.82, 2.24) is 4.98 Å². The number of rotatable bonds is 9. The molecule has 33 heavy (non-hydrogen) atoms. The molecule has 12 heteroatoms. The number of para-hydroxylation sites is 2. The molecule has 1 heterocycles. The minimum atomic E-state index is -1.12. The van der Waals surface area contributed by atoms with Crippen LogP contribution >= 0.6 is 22.9 Å². The molecule has 0 saturated carbocycles.